The average molecular weight is 294 g/mol. The van der Waals surface area contributed by atoms with Gasteiger partial charge in [-0.2, -0.15) is 0 Å². The predicted octanol–water partition coefficient (Wildman–Crippen LogP) is 3.58. The van der Waals surface area contributed by atoms with Crippen LogP contribution in [0.25, 0.3) is 0 Å². The molecule has 3 heteroatoms. The largest absolute Gasteiger partial charge is 0.384 e. The number of hydrogen-bond acceptors (Lipinski definition) is 3. The van der Waals surface area contributed by atoms with Crippen molar-refractivity contribution in [3.63, 3.8) is 0 Å². The molecule has 22 heavy (non-hydrogen) atoms. The van der Waals surface area contributed by atoms with Gasteiger partial charge in [0.15, 0.2) is 5.78 Å². The van der Waals surface area contributed by atoms with Crippen molar-refractivity contribution in [2.45, 2.75) is 32.4 Å². The van der Waals surface area contributed by atoms with E-state index in [2.05, 4.69) is 29.7 Å². The van der Waals surface area contributed by atoms with Gasteiger partial charge in [-0.1, -0.05) is 30.3 Å². The zero-order valence-electron chi connectivity index (χ0n) is 13.1. The second-order valence-electron chi connectivity index (χ2n) is 5.93. The van der Waals surface area contributed by atoms with Crippen molar-refractivity contribution in [1.29, 1.82) is 0 Å². The molecule has 0 amide bonds. The minimum Gasteiger partial charge on any atom is -0.384 e. The Kier molecular flexibility index (Phi) is 4.25. The summed E-state index contributed by atoms with van der Waals surface area (Å²) in [4.78, 5) is 12.6. The molecule has 1 aliphatic heterocycles. The van der Waals surface area contributed by atoms with Gasteiger partial charge in [0.1, 0.15) is 0 Å². The Morgan fingerprint density at radius 1 is 1.14 bits per heavy atom. The summed E-state index contributed by atoms with van der Waals surface area (Å²) in [6.07, 6.45) is 0.999. The molecule has 1 aliphatic rings. The van der Waals surface area contributed by atoms with E-state index in [1.165, 1.54) is 11.1 Å². The van der Waals surface area contributed by atoms with Gasteiger partial charge in [0, 0.05) is 23.8 Å². The van der Waals surface area contributed by atoms with E-state index < -0.39 is 0 Å². The molecule has 2 unspecified atom stereocenters. The molecule has 2 aromatic carbocycles. The predicted molar refractivity (Wildman–Crippen MR) is 90.4 cm³/mol. The Bertz CT molecular complexity index is 666. The van der Waals surface area contributed by atoms with E-state index in [1.807, 2.05) is 43.3 Å². The number of carbonyl (C=O) groups excluding carboxylic acids is 1. The summed E-state index contributed by atoms with van der Waals surface area (Å²) in [5.74, 6) is 0.150. The topological polar surface area (TPSA) is 41.1 Å². The molecular formula is C19H22N2O. The van der Waals surface area contributed by atoms with Crippen LogP contribution < -0.4 is 10.6 Å². The SMILES string of the molecule is CC(NC(C)c1ccccc1)C(=O)c1ccc2c(c1)CCN2. The number of fused-ring (bicyclic) bond motifs is 1. The molecule has 2 N–H and O–H groups in total. The van der Waals surface area contributed by atoms with E-state index in [9.17, 15) is 4.79 Å². The highest BCUT2D eigenvalue weighted by Gasteiger charge is 2.20. The van der Waals surface area contributed by atoms with Crippen molar-refractivity contribution < 1.29 is 4.79 Å². The van der Waals surface area contributed by atoms with Crippen molar-refractivity contribution >= 4 is 11.5 Å². The van der Waals surface area contributed by atoms with Crippen molar-refractivity contribution in [2.24, 2.45) is 0 Å². The summed E-state index contributed by atoms with van der Waals surface area (Å²) in [5.41, 5.74) is 4.40. The molecule has 0 fully saturated rings. The first-order chi connectivity index (χ1) is 10.6. The second-order valence-corrected chi connectivity index (χ2v) is 5.93. The van der Waals surface area contributed by atoms with Crippen molar-refractivity contribution in [2.75, 3.05) is 11.9 Å². The molecule has 0 saturated carbocycles. The molecular weight excluding hydrogens is 272 g/mol. The van der Waals surface area contributed by atoms with Crippen LogP contribution in [0.5, 0.6) is 0 Å². The standard InChI is InChI=1S/C19H22N2O/c1-13(15-6-4-3-5-7-15)21-14(2)19(22)17-8-9-18-16(12-17)10-11-20-18/h3-9,12-14,20-21H,10-11H2,1-2H3. The number of ketones is 1. The molecule has 3 rings (SSSR count). The molecule has 0 radical (unpaired) electrons. The van der Waals surface area contributed by atoms with Gasteiger partial charge < -0.3 is 10.6 Å². The summed E-state index contributed by atoms with van der Waals surface area (Å²) in [6, 6.07) is 16.1. The lowest BCUT2D eigenvalue weighted by molar-refractivity contribution is 0.0945. The highest BCUT2D eigenvalue weighted by atomic mass is 16.1. The third kappa shape index (κ3) is 3.04. The minimum atomic E-state index is -0.206. The first kappa shape index (κ1) is 14.8. The number of rotatable bonds is 5. The van der Waals surface area contributed by atoms with Gasteiger partial charge in [0.25, 0.3) is 0 Å². The normalized spacial score (nSPS) is 15.7. The minimum absolute atomic E-state index is 0.149. The highest BCUT2D eigenvalue weighted by molar-refractivity contribution is 6.00. The van der Waals surface area contributed by atoms with Crippen molar-refractivity contribution in [1.82, 2.24) is 5.32 Å². The smallest absolute Gasteiger partial charge is 0.179 e. The maximum atomic E-state index is 12.6. The third-order valence-electron chi connectivity index (χ3n) is 4.29. The number of anilines is 1. The summed E-state index contributed by atoms with van der Waals surface area (Å²) < 4.78 is 0. The van der Waals surface area contributed by atoms with Crippen LogP contribution in [0.4, 0.5) is 5.69 Å². The van der Waals surface area contributed by atoms with Gasteiger partial charge in [0.05, 0.1) is 6.04 Å². The summed E-state index contributed by atoms with van der Waals surface area (Å²) >= 11 is 0. The van der Waals surface area contributed by atoms with Gasteiger partial charge in [0.2, 0.25) is 0 Å². The van der Waals surface area contributed by atoms with E-state index in [0.29, 0.717) is 0 Å². The van der Waals surface area contributed by atoms with Crippen molar-refractivity contribution in [3.05, 3.63) is 65.2 Å². The maximum absolute atomic E-state index is 12.6. The van der Waals surface area contributed by atoms with Gasteiger partial charge in [-0.3, -0.25) is 4.79 Å². The fraction of sp³-hybridized carbons (Fsp3) is 0.316. The molecule has 3 nitrogen and oxygen atoms in total. The van der Waals surface area contributed by atoms with E-state index in [4.69, 9.17) is 0 Å². The van der Waals surface area contributed by atoms with E-state index >= 15 is 0 Å². The number of carbonyl (C=O) groups is 1. The maximum Gasteiger partial charge on any atom is 0.179 e. The van der Waals surface area contributed by atoms with Crippen LogP contribution in [0.3, 0.4) is 0 Å². The lowest BCUT2D eigenvalue weighted by Gasteiger charge is -2.20. The summed E-state index contributed by atoms with van der Waals surface area (Å²) in [7, 11) is 0. The lowest BCUT2D eigenvalue weighted by Crippen LogP contribution is -2.35. The van der Waals surface area contributed by atoms with Crippen LogP contribution in [0.2, 0.25) is 0 Å². The fourth-order valence-corrected chi connectivity index (χ4v) is 3.00. The lowest BCUT2D eigenvalue weighted by atomic mass is 10.00. The Hall–Kier alpha value is -2.13. The van der Waals surface area contributed by atoms with Gasteiger partial charge in [-0.25, -0.2) is 0 Å². The second kappa shape index (κ2) is 6.32. The summed E-state index contributed by atoms with van der Waals surface area (Å²) in [6.45, 7) is 4.99. The van der Waals surface area contributed by atoms with E-state index in [1.54, 1.807) is 0 Å². The van der Waals surface area contributed by atoms with E-state index in [-0.39, 0.29) is 17.9 Å². The quantitative estimate of drug-likeness (QED) is 0.828. The molecule has 2 aromatic rings. The molecule has 114 valence electrons. The number of nitrogens with one attached hydrogen (secondary N) is 2. The third-order valence-corrected chi connectivity index (χ3v) is 4.29. The molecule has 2 atom stereocenters. The van der Waals surface area contributed by atoms with Crippen LogP contribution in [0.1, 0.15) is 41.4 Å². The Labute approximate surface area is 131 Å². The monoisotopic (exact) mass is 294 g/mol. The van der Waals surface area contributed by atoms with Crippen LogP contribution in [0, 0.1) is 0 Å². The van der Waals surface area contributed by atoms with E-state index in [0.717, 1.165) is 24.2 Å². The van der Waals surface area contributed by atoms with Crippen LogP contribution in [0.15, 0.2) is 48.5 Å². The fourth-order valence-electron chi connectivity index (χ4n) is 3.00. The molecule has 0 saturated heterocycles. The van der Waals surface area contributed by atoms with Gasteiger partial charge >= 0.3 is 0 Å². The zero-order valence-corrected chi connectivity index (χ0v) is 13.1. The zero-order chi connectivity index (χ0) is 15.5. The van der Waals surface area contributed by atoms with Crippen LogP contribution in [-0.2, 0) is 6.42 Å². The Morgan fingerprint density at radius 3 is 2.68 bits per heavy atom. The van der Waals surface area contributed by atoms with Gasteiger partial charge in [-0.15, -0.1) is 0 Å². The Balaban J connectivity index is 1.69. The molecule has 1 heterocycles. The molecule has 0 bridgehead atoms. The van der Waals surface area contributed by atoms with Crippen molar-refractivity contribution in [3.8, 4) is 0 Å². The average Bonchev–Trinajstić information content (AvgIpc) is 3.02. The highest BCUT2D eigenvalue weighted by Crippen LogP contribution is 2.24. The summed E-state index contributed by atoms with van der Waals surface area (Å²) in [5, 5.41) is 6.72. The molecule has 0 spiro atoms. The molecule has 0 aliphatic carbocycles. The number of benzene rings is 2. The molecule has 0 aromatic heterocycles. The Morgan fingerprint density at radius 2 is 1.91 bits per heavy atom. The van der Waals surface area contributed by atoms with Gasteiger partial charge in [-0.05, 0) is 49.6 Å². The number of Topliss-reactive ketones (excluding diaryl/α,β-unsaturated/α-hetero) is 1. The van der Waals surface area contributed by atoms with Crippen LogP contribution in [-0.4, -0.2) is 18.4 Å². The number of hydrogen-bond donors (Lipinski definition) is 2. The first-order valence-corrected chi connectivity index (χ1v) is 7.87. The first-order valence-electron chi connectivity index (χ1n) is 7.87. The van der Waals surface area contributed by atoms with Crippen LogP contribution >= 0.6 is 0 Å².